The molecule has 0 saturated carbocycles. The van der Waals surface area contributed by atoms with Gasteiger partial charge in [0.2, 0.25) is 5.82 Å². The highest BCUT2D eigenvalue weighted by Gasteiger charge is 2.20. The lowest BCUT2D eigenvalue weighted by molar-refractivity contribution is 0.101. The molecule has 0 atom stereocenters. The van der Waals surface area contributed by atoms with Crippen molar-refractivity contribution >= 4 is 23.2 Å². The molecular weight excluding hydrogens is 419 g/mol. The van der Waals surface area contributed by atoms with Gasteiger partial charge in [-0.05, 0) is 73.2 Å². The minimum absolute atomic E-state index is 0.0329. The zero-order chi connectivity index (χ0) is 22.0. The molecule has 0 aliphatic carbocycles. The number of rotatable bonds is 5. The molecule has 0 spiro atoms. The summed E-state index contributed by atoms with van der Waals surface area (Å²) in [5, 5.41) is 7.71. The van der Waals surface area contributed by atoms with E-state index in [1.54, 1.807) is 55.6 Å². The number of nitrogens with one attached hydrogen (secondary N) is 1. The Bertz CT molecular complexity index is 1240. The number of amides is 1. The monoisotopic (exact) mass is 436 g/mol. The number of hydrogen-bond donors (Lipinski definition) is 1. The molecule has 1 heterocycles. The molecule has 0 aliphatic heterocycles. The largest absolute Gasteiger partial charge is 0.497 e. The summed E-state index contributed by atoms with van der Waals surface area (Å²) < 4.78 is 20.2. The van der Waals surface area contributed by atoms with E-state index in [4.69, 9.17) is 16.3 Å². The third-order valence-corrected chi connectivity index (χ3v) is 4.91. The summed E-state index contributed by atoms with van der Waals surface area (Å²) >= 11 is 6.05. The first kappa shape index (κ1) is 20.6. The Balaban J connectivity index is 1.75. The summed E-state index contributed by atoms with van der Waals surface area (Å²) in [5.41, 5.74) is 2.71. The van der Waals surface area contributed by atoms with Crippen molar-refractivity contribution in [1.29, 1.82) is 0 Å². The average molecular weight is 437 g/mol. The van der Waals surface area contributed by atoms with Crippen molar-refractivity contribution < 1.29 is 13.9 Å². The topological polar surface area (TPSA) is 69.0 Å². The average Bonchev–Trinajstić information content (AvgIpc) is 3.22. The highest BCUT2D eigenvalue weighted by Crippen LogP contribution is 2.24. The van der Waals surface area contributed by atoms with E-state index in [0.29, 0.717) is 33.5 Å². The number of carbonyl (C=O) groups excluding carboxylic acids is 1. The fraction of sp³-hybridized carbons (Fsp3) is 0.0870. The predicted molar refractivity (Wildman–Crippen MR) is 117 cm³/mol. The van der Waals surface area contributed by atoms with Crippen LogP contribution in [-0.2, 0) is 0 Å². The maximum absolute atomic E-state index is 13.4. The van der Waals surface area contributed by atoms with Gasteiger partial charge in [0, 0.05) is 16.3 Å². The van der Waals surface area contributed by atoms with Gasteiger partial charge in [0.15, 0.2) is 5.82 Å². The molecule has 4 aromatic rings. The summed E-state index contributed by atoms with van der Waals surface area (Å²) in [6.07, 6.45) is 0. The third-order valence-electron chi connectivity index (χ3n) is 4.68. The Morgan fingerprint density at radius 1 is 1.06 bits per heavy atom. The summed E-state index contributed by atoms with van der Waals surface area (Å²) in [6.45, 7) is 1.86. The van der Waals surface area contributed by atoms with Crippen molar-refractivity contribution in [1.82, 2.24) is 14.8 Å². The molecule has 0 fully saturated rings. The number of aryl methyl sites for hydroxylation is 1. The molecule has 31 heavy (non-hydrogen) atoms. The van der Waals surface area contributed by atoms with Crippen molar-refractivity contribution in [2.75, 3.05) is 12.4 Å². The van der Waals surface area contributed by atoms with Crippen LogP contribution in [0, 0.1) is 12.7 Å². The van der Waals surface area contributed by atoms with Crippen molar-refractivity contribution in [2.45, 2.75) is 6.92 Å². The molecule has 1 aromatic heterocycles. The van der Waals surface area contributed by atoms with Crippen LogP contribution in [0.2, 0.25) is 5.02 Å². The Hall–Kier alpha value is -3.71. The molecule has 4 rings (SSSR count). The Kier molecular flexibility index (Phi) is 5.68. The van der Waals surface area contributed by atoms with Gasteiger partial charge in [0.25, 0.3) is 5.91 Å². The van der Waals surface area contributed by atoms with Gasteiger partial charge >= 0.3 is 0 Å². The number of carbonyl (C=O) groups is 1. The van der Waals surface area contributed by atoms with Gasteiger partial charge in [-0.25, -0.2) is 14.1 Å². The zero-order valence-corrected chi connectivity index (χ0v) is 17.5. The maximum atomic E-state index is 13.4. The highest BCUT2D eigenvalue weighted by molar-refractivity contribution is 6.31. The molecule has 0 aliphatic rings. The summed E-state index contributed by atoms with van der Waals surface area (Å²) in [4.78, 5) is 17.3. The molecule has 0 unspecified atom stereocenters. The number of hydrogen-bond acceptors (Lipinski definition) is 4. The number of anilines is 1. The van der Waals surface area contributed by atoms with Gasteiger partial charge in [-0.2, -0.15) is 0 Å². The molecule has 8 heteroatoms. The minimum Gasteiger partial charge on any atom is -0.497 e. The summed E-state index contributed by atoms with van der Waals surface area (Å²) in [7, 11) is 1.58. The van der Waals surface area contributed by atoms with Crippen LogP contribution in [-0.4, -0.2) is 27.8 Å². The number of halogens is 2. The molecule has 6 nitrogen and oxygen atoms in total. The standard InChI is InChI=1S/C23H18ClFN4O2/c1-14-3-6-16(24)13-20(14)26-23(30)21-27-22(15-4-7-17(25)8-5-15)29(28-21)18-9-11-19(31-2)12-10-18/h3-13H,1-2H3,(H,26,30). The van der Waals surface area contributed by atoms with Crippen LogP contribution in [0.5, 0.6) is 5.75 Å². The second-order valence-corrected chi connectivity index (χ2v) is 7.23. The number of aromatic nitrogens is 3. The molecule has 1 N–H and O–H groups in total. The van der Waals surface area contributed by atoms with E-state index in [9.17, 15) is 9.18 Å². The van der Waals surface area contributed by atoms with Crippen LogP contribution in [0.3, 0.4) is 0 Å². The lowest BCUT2D eigenvalue weighted by Crippen LogP contribution is -2.15. The van der Waals surface area contributed by atoms with E-state index < -0.39 is 5.91 Å². The molecule has 0 radical (unpaired) electrons. The van der Waals surface area contributed by atoms with Gasteiger partial charge in [0.1, 0.15) is 11.6 Å². The third kappa shape index (κ3) is 4.41. The van der Waals surface area contributed by atoms with Crippen LogP contribution in [0.15, 0.2) is 66.7 Å². The lowest BCUT2D eigenvalue weighted by atomic mass is 10.2. The summed E-state index contributed by atoms with van der Waals surface area (Å²) in [6, 6.07) is 18.2. The van der Waals surface area contributed by atoms with E-state index in [2.05, 4.69) is 15.4 Å². The van der Waals surface area contributed by atoms with E-state index in [-0.39, 0.29) is 11.6 Å². The Labute approximate surface area is 183 Å². The van der Waals surface area contributed by atoms with Crippen molar-refractivity contribution in [3.63, 3.8) is 0 Å². The van der Waals surface area contributed by atoms with Crippen LogP contribution >= 0.6 is 11.6 Å². The maximum Gasteiger partial charge on any atom is 0.295 e. The van der Waals surface area contributed by atoms with Crippen molar-refractivity contribution in [3.05, 3.63) is 89.0 Å². The van der Waals surface area contributed by atoms with Crippen LogP contribution in [0.25, 0.3) is 17.1 Å². The molecule has 156 valence electrons. The molecule has 0 bridgehead atoms. The van der Waals surface area contributed by atoms with E-state index in [1.807, 2.05) is 13.0 Å². The van der Waals surface area contributed by atoms with Gasteiger partial charge in [-0.3, -0.25) is 4.79 Å². The summed E-state index contributed by atoms with van der Waals surface area (Å²) in [5.74, 6) is 0.198. The Morgan fingerprint density at radius 2 is 1.77 bits per heavy atom. The predicted octanol–water partition coefficient (Wildman–Crippen LogP) is 5.30. The number of nitrogens with zero attached hydrogens (tertiary/aromatic N) is 3. The highest BCUT2D eigenvalue weighted by atomic mass is 35.5. The molecule has 0 saturated heterocycles. The first-order valence-electron chi connectivity index (χ1n) is 9.39. The zero-order valence-electron chi connectivity index (χ0n) is 16.8. The second-order valence-electron chi connectivity index (χ2n) is 6.79. The second kappa shape index (κ2) is 8.57. The molecular formula is C23H18ClFN4O2. The molecule has 1 amide bonds. The first-order valence-corrected chi connectivity index (χ1v) is 9.77. The number of ether oxygens (including phenoxy) is 1. The number of benzene rings is 3. The van der Waals surface area contributed by atoms with Gasteiger partial charge in [-0.1, -0.05) is 17.7 Å². The smallest absolute Gasteiger partial charge is 0.295 e. The van der Waals surface area contributed by atoms with Gasteiger partial charge < -0.3 is 10.1 Å². The van der Waals surface area contributed by atoms with Crippen LogP contribution < -0.4 is 10.1 Å². The fourth-order valence-corrected chi connectivity index (χ4v) is 3.18. The van der Waals surface area contributed by atoms with Crippen LogP contribution in [0.4, 0.5) is 10.1 Å². The van der Waals surface area contributed by atoms with E-state index >= 15 is 0 Å². The Morgan fingerprint density at radius 3 is 2.45 bits per heavy atom. The molecule has 3 aromatic carbocycles. The van der Waals surface area contributed by atoms with E-state index in [0.717, 1.165) is 5.56 Å². The van der Waals surface area contributed by atoms with Crippen molar-refractivity contribution in [2.24, 2.45) is 0 Å². The van der Waals surface area contributed by atoms with Gasteiger partial charge in [-0.15, -0.1) is 5.10 Å². The lowest BCUT2D eigenvalue weighted by Gasteiger charge is -2.07. The number of methoxy groups -OCH3 is 1. The van der Waals surface area contributed by atoms with Crippen molar-refractivity contribution in [3.8, 4) is 22.8 Å². The van der Waals surface area contributed by atoms with Gasteiger partial charge in [0.05, 0.1) is 12.8 Å². The SMILES string of the molecule is COc1ccc(-n2nc(C(=O)Nc3cc(Cl)ccc3C)nc2-c2ccc(F)cc2)cc1. The first-order chi connectivity index (χ1) is 14.9. The normalized spacial score (nSPS) is 10.7. The quantitative estimate of drug-likeness (QED) is 0.461. The van der Waals surface area contributed by atoms with E-state index in [1.165, 1.54) is 16.8 Å². The fourth-order valence-electron chi connectivity index (χ4n) is 3.00. The minimum atomic E-state index is -0.485. The van der Waals surface area contributed by atoms with Crippen LogP contribution in [0.1, 0.15) is 16.2 Å².